The lowest BCUT2D eigenvalue weighted by Crippen LogP contribution is -2.15. The minimum absolute atomic E-state index is 0.464. The van der Waals surface area contributed by atoms with Crippen LogP contribution in [0.25, 0.3) is 11.0 Å². The molecule has 16 heavy (non-hydrogen) atoms. The first-order valence-corrected chi connectivity index (χ1v) is 5.79. The summed E-state index contributed by atoms with van der Waals surface area (Å²) < 4.78 is 5.36. The van der Waals surface area contributed by atoms with Gasteiger partial charge in [0.2, 0.25) is 0 Å². The van der Waals surface area contributed by atoms with Crippen molar-refractivity contribution in [2.24, 2.45) is 0 Å². The van der Waals surface area contributed by atoms with Gasteiger partial charge in [0.25, 0.3) is 0 Å². The first-order chi connectivity index (χ1) is 7.84. The molecule has 84 valence electrons. The van der Waals surface area contributed by atoms with Crippen LogP contribution in [0.15, 0.2) is 12.4 Å². The highest BCUT2D eigenvalue weighted by Gasteiger charge is 2.20. The number of fused-ring (bicyclic) bond motifs is 1. The number of aromatic nitrogens is 3. The molecule has 1 aliphatic rings. The zero-order chi connectivity index (χ0) is 11.0. The predicted octanol–water partition coefficient (Wildman–Crippen LogP) is 2.51. The van der Waals surface area contributed by atoms with Crippen LogP contribution in [0.2, 0.25) is 5.15 Å². The Balaban J connectivity index is 2.07. The quantitative estimate of drug-likeness (QED) is 0.829. The van der Waals surface area contributed by atoms with Crippen LogP contribution in [0.1, 0.15) is 24.5 Å². The Kier molecular flexibility index (Phi) is 2.53. The van der Waals surface area contributed by atoms with Crippen molar-refractivity contribution in [3.05, 3.63) is 23.2 Å². The summed E-state index contributed by atoms with van der Waals surface area (Å²) >= 11 is 5.95. The highest BCUT2D eigenvalue weighted by atomic mass is 35.5. The lowest BCUT2D eigenvalue weighted by atomic mass is 9.94. The van der Waals surface area contributed by atoms with Crippen molar-refractivity contribution in [1.82, 2.24) is 15.0 Å². The molecule has 0 atom stereocenters. The van der Waals surface area contributed by atoms with Crippen molar-refractivity contribution in [1.29, 1.82) is 0 Å². The number of halogens is 1. The molecule has 5 heteroatoms. The summed E-state index contributed by atoms with van der Waals surface area (Å²) in [4.78, 5) is 11.6. The van der Waals surface area contributed by atoms with Gasteiger partial charge in [0.05, 0.1) is 5.69 Å². The second-order valence-electron chi connectivity index (χ2n) is 4.03. The van der Waals surface area contributed by atoms with Crippen LogP contribution in [-0.4, -0.2) is 28.2 Å². The highest BCUT2D eigenvalue weighted by Crippen LogP contribution is 2.30. The molecule has 0 unspecified atom stereocenters. The van der Waals surface area contributed by atoms with E-state index in [0.717, 1.165) is 42.8 Å². The van der Waals surface area contributed by atoms with Crippen LogP contribution in [0.3, 0.4) is 0 Å². The molecular weight excluding hydrogens is 226 g/mol. The van der Waals surface area contributed by atoms with E-state index in [4.69, 9.17) is 16.3 Å². The average molecular weight is 238 g/mol. The third-order valence-corrected chi connectivity index (χ3v) is 3.24. The van der Waals surface area contributed by atoms with Crippen LogP contribution in [0.4, 0.5) is 0 Å². The van der Waals surface area contributed by atoms with Gasteiger partial charge < -0.3 is 9.72 Å². The normalized spacial score (nSPS) is 18.1. The fraction of sp³-hybridized carbons (Fsp3) is 0.455. The molecule has 2 aromatic rings. The van der Waals surface area contributed by atoms with Crippen LogP contribution in [-0.2, 0) is 4.74 Å². The SMILES string of the molecule is Clc1cc2c(C3CCOCC3)ncnc2[nH]1. The van der Waals surface area contributed by atoms with Gasteiger partial charge in [0.1, 0.15) is 17.1 Å². The van der Waals surface area contributed by atoms with Gasteiger partial charge in [-0.25, -0.2) is 9.97 Å². The molecule has 0 spiro atoms. The maximum Gasteiger partial charge on any atom is 0.142 e. The van der Waals surface area contributed by atoms with Gasteiger partial charge >= 0.3 is 0 Å². The Morgan fingerprint density at radius 1 is 1.31 bits per heavy atom. The molecule has 0 aliphatic carbocycles. The Bertz CT molecular complexity index is 505. The summed E-state index contributed by atoms with van der Waals surface area (Å²) in [6.07, 6.45) is 3.64. The fourth-order valence-corrected chi connectivity index (χ4v) is 2.42. The van der Waals surface area contributed by atoms with Gasteiger partial charge in [-0.2, -0.15) is 0 Å². The van der Waals surface area contributed by atoms with Crippen molar-refractivity contribution in [3.8, 4) is 0 Å². The molecule has 3 rings (SSSR count). The summed E-state index contributed by atoms with van der Waals surface area (Å²) in [6.45, 7) is 1.63. The van der Waals surface area contributed by atoms with Crippen LogP contribution in [0, 0.1) is 0 Å². The number of H-pyrrole nitrogens is 1. The van der Waals surface area contributed by atoms with Crippen molar-refractivity contribution in [2.45, 2.75) is 18.8 Å². The lowest BCUT2D eigenvalue weighted by molar-refractivity contribution is 0.0848. The van der Waals surface area contributed by atoms with Gasteiger partial charge in [0.15, 0.2) is 0 Å². The Labute approximate surface area is 98.0 Å². The zero-order valence-corrected chi connectivity index (χ0v) is 9.50. The number of nitrogens with one attached hydrogen (secondary N) is 1. The monoisotopic (exact) mass is 237 g/mol. The van der Waals surface area contributed by atoms with Crippen LogP contribution >= 0.6 is 11.6 Å². The smallest absolute Gasteiger partial charge is 0.142 e. The molecule has 1 fully saturated rings. The molecule has 0 saturated carbocycles. The zero-order valence-electron chi connectivity index (χ0n) is 8.74. The van der Waals surface area contributed by atoms with Gasteiger partial charge in [0, 0.05) is 24.5 Å². The van der Waals surface area contributed by atoms with E-state index >= 15 is 0 Å². The second kappa shape index (κ2) is 4.03. The number of rotatable bonds is 1. The molecule has 0 radical (unpaired) electrons. The summed E-state index contributed by atoms with van der Waals surface area (Å²) in [6, 6.07) is 1.90. The molecule has 1 N–H and O–H groups in total. The third kappa shape index (κ3) is 1.68. The van der Waals surface area contributed by atoms with Crippen molar-refractivity contribution in [3.63, 3.8) is 0 Å². The molecule has 1 saturated heterocycles. The van der Waals surface area contributed by atoms with E-state index in [2.05, 4.69) is 15.0 Å². The largest absolute Gasteiger partial charge is 0.381 e. The van der Waals surface area contributed by atoms with Crippen LogP contribution < -0.4 is 0 Å². The summed E-state index contributed by atoms with van der Waals surface area (Å²) in [5, 5.41) is 1.66. The summed E-state index contributed by atoms with van der Waals surface area (Å²) in [5.74, 6) is 0.464. The van der Waals surface area contributed by atoms with E-state index in [-0.39, 0.29) is 0 Å². The molecule has 0 amide bonds. The van der Waals surface area contributed by atoms with E-state index < -0.39 is 0 Å². The van der Waals surface area contributed by atoms with Gasteiger partial charge in [-0.1, -0.05) is 11.6 Å². The number of hydrogen-bond donors (Lipinski definition) is 1. The first-order valence-electron chi connectivity index (χ1n) is 5.41. The van der Waals surface area contributed by atoms with E-state index in [1.54, 1.807) is 6.33 Å². The van der Waals surface area contributed by atoms with Crippen LogP contribution in [0.5, 0.6) is 0 Å². The molecule has 1 aliphatic heterocycles. The minimum Gasteiger partial charge on any atom is -0.381 e. The molecule has 2 aromatic heterocycles. The fourth-order valence-electron chi connectivity index (χ4n) is 2.22. The Hall–Kier alpha value is -1.13. The topological polar surface area (TPSA) is 50.8 Å². The van der Waals surface area contributed by atoms with Crippen molar-refractivity contribution >= 4 is 22.6 Å². The van der Waals surface area contributed by atoms with Crippen molar-refractivity contribution < 1.29 is 4.74 Å². The van der Waals surface area contributed by atoms with Crippen molar-refractivity contribution in [2.75, 3.05) is 13.2 Å². The van der Waals surface area contributed by atoms with E-state index in [9.17, 15) is 0 Å². The number of ether oxygens (including phenoxy) is 1. The maximum atomic E-state index is 5.95. The third-order valence-electron chi connectivity index (χ3n) is 3.03. The van der Waals surface area contributed by atoms with E-state index in [0.29, 0.717) is 11.1 Å². The number of nitrogens with zero attached hydrogens (tertiary/aromatic N) is 2. The molecular formula is C11H12ClN3O. The molecule has 4 nitrogen and oxygen atoms in total. The average Bonchev–Trinajstić information content (AvgIpc) is 2.70. The van der Waals surface area contributed by atoms with E-state index in [1.165, 1.54) is 0 Å². The first kappa shape index (κ1) is 10.1. The number of hydrogen-bond acceptors (Lipinski definition) is 3. The second-order valence-corrected chi connectivity index (χ2v) is 4.43. The standard InChI is InChI=1S/C11H12ClN3O/c12-9-5-8-10(7-1-3-16-4-2-7)13-6-14-11(8)15-9/h5-7H,1-4H2,(H,13,14,15). The maximum absolute atomic E-state index is 5.95. The Morgan fingerprint density at radius 2 is 2.12 bits per heavy atom. The number of aromatic amines is 1. The molecule has 0 aromatic carbocycles. The predicted molar refractivity (Wildman–Crippen MR) is 61.7 cm³/mol. The molecule has 3 heterocycles. The summed E-state index contributed by atoms with van der Waals surface area (Å²) in [5.41, 5.74) is 1.91. The summed E-state index contributed by atoms with van der Waals surface area (Å²) in [7, 11) is 0. The van der Waals surface area contributed by atoms with Gasteiger partial charge in [-0.3, -0.25) is 0 Å². The van der Waals surface area contributed by atoms with E-state index in [1.807, 2.05) is 6.07 Å². The minimum atomic E-state index is 0.464. The van der Waals surface area contributed by atoms with Gasteiger partial charge in [-0.15, -0.1) is 0 Å². The highest BCUT2D eigenvalue weighted by molar-refractivity contribution is 6.30. The Morgan fingerprint density at radius 3 is 2.94 bits per heavy atom. The lowest BCUT2D eigenvalue weighted by Gasteiger charge is -2.21. The molecule has 0 bridgehead atoms. The van der Waals surface area contributed by atoms with Gasteiger partial charge in [-0.05, 0) is 18.9 Å².